The summed E-state index contributed by atoms with van der Waals surface area (Å²) in [6.07, 6.45) is 2.07. The van der Waals surface area contributed by atoms with Crippen LogP contribution in [0.3, 0.4) is 0 Å². The maximum Gasteiger partial charge on any atom is 0.258 e. The van der Waals surface area contributed by atoms with Gasteiger partial charge in [-0.3, -0.25) is 4.79 Å². The van der Waals surface area contributed by atoms with Crippen molar-refractivity contribution in [2.75, 3.05) is 13.6 Å². The molecule has 0 aliphatic rings. The molecular formula is C15H15FN2O. The van der Waals surface area contributed by atoms with Gasteiger partial charge in [-0.15, -0.1) is 0 Å². The Hall–Kier alpha value is -2.23. The molecule has 0 saturated heterocycles. The van der Waals surface area contributed by atoms with Crippen molar-refractivity contribution in [3.05, 3.63) is 65.7 Å². The summed E-state index contributed by atoms with van der Waals surface area (Å²) >= 11 is 0. The minimum absolute atomic E-state index is 0.0121. The Bertz CT molecular complexity index is 557. The van der Waals surface area contributed by atoms with Crippen molar-refractivity contribution in [1.82, 2.24) is 9.88 Å². The maximum atomic E-state index is 13.4. The fraction of sp³-hybridized carbons (Fsp3) is 0.200. The molecule has 0 atom stereocenters. The van der Waals surface area contributed by atoms with E-state index >= 15 is 0 Å². The predicted octanol–water partition coefficient (Wildman–Crippen LogP) is 2.54. The largest absolute Gasteiger partial charge is 0.341 e. The van der Waals surface area contributed by atoms with E-state index in [1.807, 2.05) is 30.3 Å². The average molecular weight is 258 g/mol. The highest BCUT2D eigenvalue weighted by Gasteiger charge is 2.16. The van der Waals surface area contributed by atoms with Crippen molar-refractivity contribution >= 4 is 5.91 Å². The van der Waals surface area contributed by atoms with E-state index in [0.29, 0.717) is 6.54 Å². The first-order valence-electron chi connectivity index (χ1n) is 6.08. The van der Waals surface area contributed by atoms with E-state index < -0.39 is 5.95 Å². The molecule has 2 rings (SSSR count). The second-order valence-electron chi connectivity index (χ2n) is 4.30. The lowest BCUT2D eigenvalue weighted by atomic mass is 10.1. The van der Waals surface area contributed by atoms with E-state index in [0.717, 1.165) is 12.0 Å². The lowest BCUT2D eigenvalue weighted by Crippen LogP contribution is -2.29. The number of nitrogens with zero attached hydrogens (tertiary/aromatic N) is 2. The molecule has 0 bridgehead atoms. The minimum atomic E-state index is -0.723. The van der Waals surface area contributed by atoms with Crippen LogP contribution in [0, 0.1) is 5.95 Å². The van der Waals surface area contributed by atoms with Gasteiger partial charge in [-0.2, -0.15) is 4.39 Å². The Labute approximate surface area is 111 Å². The molecule has 0 saturated carbocycles. The Balaban J connectivity index is 1.99. The van der Waals surface area contributed by atoms with Gasteiger partial charge in [0.15, 0.2) is 0 Å². The molecule has 0 spiro atoms. The number of carbonyl (C=O) groups excluding carboxylic acids is 1. The van der Waals surface area contributed by atoms with Crippen LogP contribution in [-0.4, -0.2) is 29.4 Å². The molecule has 2 aromatic rings. The van der Waals surface area contributed by atoms with E-state index in [1.54, 1.807) is 13.1 Å². The van der Waals surface area contributed by atoms with E-state index in [-0.39, 0.29) is 11.5 Å². The van der Waals surface area contributed by atoms with Crippen LogP contribution < -0.4 is 0 Å². The number of benzene rings is 1. The van der Waals surface area contributed by atoms with Gasteiger partial charge in [0.05, 0.1) is 5.56 Å². The first kappa shape index (κ1) is 13.2. The molecule has 1 amide bonds. The number of pyridine rings is 1. The predicted molar refractivity (Wildman–Crippen MR) is 71.3 cm³/mol. The van der Waals surface area contributed by atoms with E-state index in [2.05, 4.69) is 4.98 Å². The summed E-state index contributed by atoms with van der Waals surface area (Å²) in [5.41, 5.74) is 1.16. The second kappa shape index (κ2) is 6.09. The van der Waals surface area contributed by atoms with Crippen LogP contribution in [0.5, 0.6) is 0 Å². The highest BCUT2D eigenvalue weighted by atomic mass is 19.1. The van der Waals surface area contributed by atoms with Gasteiger partial charge in [-0.25, -0.2) is 4.98 Å². The van der Waals surface area contributed by atoms with Crippen molar-refractivity contribution in [1.29, 1.82) is 0 Å². The first-order chi connectivity index (χ1) is 9.18. The minimum Gasteiger partial charge on any atom is -0.341 e. The number of rotatable bonds is 4. The van der Waals surface area contributed by atoms with E-state index in [1.165, 1.54) is 17.2 Å². The lowest BCUT2D eigenvalue weighted by molar-refractivity contribution is 0.0791. The molecule has 0 radical (unpaired) electrons. The third-order valence-corrected chi connectivity index (χ3v) is 2.91. The molecular weight excluding hydrogens is 243 g/mol. The van der Waals surface area contributed by atoms with E-state index in [4.69, 9.17) is 0 Å². The average Bonchev–Trinajstić information content (AvgIpc) is 2.45. The van der Waals surface area contributed by atoms with Crippen LogP contribution in [0.25, 0.3) is 0 Å². The number of aromatic nitrogens is 1. The van der Waals surface area contributed by atoms with Crippen LogP contribution in [-0.2, 0) is 6.42 Å². The Morgan fingerprint density at radius 2 is 1.95 bits per heavy atom. The van der Waals surface area contributed by atoms with Gasteiger partial charge in [0.2, 0.25) is 5.95 Å². The maximum absolute atomic E-state index is 13.4. The van der Waals surface area contributed by atoms with Gasteiger partial charge >= 0.3 is 0 Å². The molecule has 1 heterocycles. The monoisotopic (exact) mass is 258 g/mol. The van der Waals surface area contributed by atoms with Crippen molar-refractivity contribution in [2.45, 2.75) is 6.42 Å². The SMILES string of the molecule is CN(CCc1ccccc1)C(=O)c1cccnc1F. The van der Waals surface area contributed by atoms with Gasteiger partial charge in [-0.1, -0.05) is 30.3 Å². The van der Waals surface area contributed by atoms with Gasteiger partial charge in [-0.05, 0) is 24.1 Å². The summed E-state index contributed by atoms with van der Waals surface area (Å²) in [6, 6.07) is 12.9. The summed E-state index contributed by atoms with van der Waals surface area (Å²) in [6.45, 7) is 0.539. The standard InChI is InChI=1S/C15H15FN2O/c1-18(11-9-12-6-3-2-4-7-12)15(19)13-8-5-10-17-14(13)16/h2-8,10H,9,11H2,1H3. The fourth-order valence-corrected chi connectivity index (χ4v) is 1.79. The number of carbonyl (C=O) groups is 1. The number of hydrogen-bond acceptors (Lipinski definition) is 2. The molecule has 0 unspecified atom stereocenters. The van der Waals surface area contributed by atoms with Crippen molar-refractivity contribution in [2.24, 2.45) is 0 Å². The van der Waals surface area contributed by atoms with E-state index in [9.17, 15) is 9.18 Å². The first-order valence-corrected chi connectivity index (χ1v) is 6.08. The number of amides is 1. The van der Waals surface area contributed by atoms with Crippen LogP contribution in [0.15, 0.2) is 48.7 Å². The van der Waals surface area contributed by atoms with Gasteiger partial charge in [0.25, 0.3) is 5.91 Å². The van der Waals surface area contributed by atoms with Gasteiger partial charge in [0, 0.05) is 19.8 Å². The molecule has 0 fully saturated rings. The van der Waals surface area contributed by atoms with Gasteiger partial charge < -0.3 is 4.90 Å². The molecule has 98 valence electrons. The molecule has 19 heavy (non-hydrogen) atoms. The Morgan fingerprint density at radius 1 is 1.21 bits per heavy atom. The second-order valence-corrected chi connectivity index (χ2v) is 4.30. The summed E-state index contributed by atoms with van der Waals surface area (Å²) in [5, 5.41) is 0. The lowest BCUT2D eigenvalue weighted by Gasteiger charge is -2.17. The van der Waals surface area contributed by atoms with Crippen molar-refractivity contribution < 1.29 is 9.18 Å². The van der Waals surface area contributed by atoms with Crippen LogP contribution in [0.4, 0.5) is 4.39 Å². The number of likely N-dealkylation sites (N-methyl/N-ethyl adjacent to an activating group) is 1. The summed E-state index contributed by atoms with van der Waals surface area (Å²) in [4.78, 5) is 17.0. The summed E-state index contributed by atoms with van der Waals surface area (Å²) < 4.78 is 13.4. The van der Waals surface area contributed by atoms with Crippen LogP contribution >= 0.6 is 0 Å². The summed E-state index contributed by atoms with van der Waals surface area (Å²) in [7, 11) is 1.66. The smallest absolute Gasteiger partial charge is 0.258 e. The zero-order chi connectivity index (χ0) is 13.7. The molecule has 0 N–H and O–H groups in total. The zero-order valence-electron chi connectivity index (χ0n) is 10.7. The molecule has 1 aromatic carbocycles. The van der Waals surface area contributed by atoms with Crippen molar-refractivity contribution in [3.63, 3.8) is 0 Å². The molecule has 1 aromatic heterocycles. The third-order valence-electron chi connectivity index (χ3n) is 2.91. The highest BCUT2D eigenvalue weighted by Crippen LogP contribution is 2.08. The number of hydrogen-bond donors (Lipinski definition) is 0. The topological polar surface area (TPSA) is 33.2 Å². The van der Waals surface area contributed by atoms with Crippen LogP contribution in [0.2, 0.25) is 0 Å². The summed E-state index contributed by atoms with van der Waals surface area (Å²) in [5.74, 6) is -1.07. The Morgan fingerprint density at radius 3 is 2.63 bits per heavy atom. The third kappa shape index (κ3) is 3.37. The highest BCUT2D eigenvalue weighted by molar-refractivity contribution is 5.93. The molecule has 3 nitrogen and oxygen atoms in total. The molecule has 0 aliphatic carbocycles. The molecule has 0 aliphatic heterocycles. The molecule has 4 heteroatoms. The van der Waals surface area contributed by atoms with Gasteiger partial charge in [0.1, 0.15) is 0 Å². The number of halogens is 1. The normalized spacial score (nSPS) is 10.2. The quantitative estimate of drug-likeness (QED) is 0.790. The fourth-order valence-electron chi connectivity index (χ4n) is 1.79. The Kier molecular flexibility index (Phi) is 4.23. The van der Waals surface area contributed by atoms with Crippen LogP contribution in [0.1, 0.15) is 15.9 Å². The zero-order valence-corrected chi connectivity index (χ0v) is 10.7. The van der Waals surface area contributed by atoms with Crippen molar-refractivity contribution in [3.8, 4) is 0 Å².